The van der Waals surface area contributed by atoms with Gasteiger partial charge in [-0.3, -0.25) is 0 Å². The van der Waals surface area contributed by atoms with Crippen LogP contribution in [0.5, 0.6) is 0 Å². The van der Waals surface area contributed by atoms with Crippen molar-refractivity contribution in [2.75, 3.05) is 0 Å². The number of aliphatic hydroxyl groups excluding tert-OH is 1. The molecule has 10 heavy (non-hydrogen) atoms. The Morgan fingerprint density at radius 3 is 3.00 bits per heavy atom. The van der Waals surface area contributed by atoms with E-state index in [2.05, 4.69) is 26.2 Å². The maximum absolute atomic E-state index is 9.10. The molecule has 0 aliphatic rings. The van der Waals surface area contributed by atoms with Crippen molar-refractivity contribution in [3.8, 4) is 12.3 Å². The Morgan fingerprint density at radius 2 is 2.60 bits per heavy atom. The maximum atomic E-state index is 9.10. The van der Waals surface area contributed by atoms with Crippen molar-refractivity contribution in [3.05, 3.63) is 15.5 Å². The van der Waals surface area contributed by atoms with Gasteiger partial charge >= 0.3 is 0 Å². The van der Waals surface area contributed by atoms with E-state index in [4.69, 9.17) is 11.5 Å². The molecular weight excluding hydrogens is 214 g/mol. The van der Waals surface area contributed by atoms with E-state index >= 15 is 0 Å². The standard InChI is InChI=1S/C6H4BrNOS/c1-2-5(9)4-3-8-10-6(4)7/h1,3,5,9H. The van der Waals surface area contributed by atoms with Crippen molar-refractivity contribution in [2.45, 2.75) is 6.10 Å². The number of aliphatic hydroxyl groups is 1. The SMILES string of the molecule is C#CC(O)c1cnsc1Br. The maximum Gasteiger partial charge on any atom is 0.143 e. The first-order valence-electron chi connectivity index (χ1n) is 2.50. The lowest BCUT2D eigenvalue weighted by Gasteiger charge is -1.97. The molecule has 0 aliphatic heterocycles. The van der Waals surface area contributed by atoms with Crippen LogP contribution in [0.15, 0.2) is 9.98 Å². The number of nitrogens with zero attached hydrogens (tertiary/aromatic N) is 1. The fraction of sp³-hybridized carbons (Fsp3) is 0.167. The molecule has 0 radical (unpaired) electrons. The number of aromatic nitrogens is 1. The summed E-state index contributed by atoms with van der Waals surface area (Å²) in [4.78, 5) is 0. The van der Waals surface area contributed by atoms with Gasteiger partial charge in [0.05, 0.1) is 3.79 Å². The molecule has 1 atom stereocenters. The molecule has 0 saturated carbocycles. The molecule has 2 nitrogen and oxygen atoms in total. The van der Waals surface area contributed by atoms with Gasteiger partial charge in [0, 0.05) is 11.8 Å². The predicted octanol–water partition coefficient (Wildman–Crippen LogP) is 1.57. The van der Waals surface area contributed by atoms with Crippen LogP contribution in [0.3, 0.4) is 0 Å². The van der Waals surface area contributed by atoms with E-state index < -0.39 is 6.10 Å². The summed E-state index contributed by atoms with van der Waals surface area (Å²) in [6, 6.07) is 0. The second-order valence-corrected chi connectivity index (χ2v) is 3.74. The molecule has 0 aromatic carbocycles. The minimum absolute atomic E-state index is 0.660. The Hall–Kier alpha value is -0.370. The number of hydrogen-bond acceptors (Lipinski definition) is 3. The van der Waals surface area contributed by atoms with Crippen molar-refractivity contribution in [1.29, 1.82) is 0 Å². The van der Waals surface area contributed by atoms with E-state index in [1.165, 1.54) is 11.5 Å². The fourth-order valence-corrected chi connectivity index (χ4v) is 1.60. The van der Waals surface area contributed by atoms with E-state index in [1.54, 1.807) is 6.20 Å². The van der Waals surface area contributed by atoms with Gasteiger partial charge in [-0.25, -0.2) is 0 Å². The molecule has 1 heterocycles. The molecule has 4 heteroatoms. The second-order valence-electron chi connectivity index (χ2n) is 1.62. The van der Waals surface area contributed by atoms with Gasteiger partial charge in [-0.15, -0.1) is 6.42 Å². The third kappa shape index (κ3) is 1.37. The zero-order valence-corrected chi connectivity index (χ0v) is 7.32. The van der Waals surface area contributed by atoms with Crippen LogP contribution in [-0.4, -0.2) is 9.48 Å². The Balaban J connectivity index is 2.96. The summed E-state index contributed by atoms with van der Waals surface area (Å²) in [6.45, 7) is 0. The summed E-state index contributed by atoms with van der Waals surface area (Å²) in [6.07, 6.45) is 5.70. The van der Waals surface area contributed by atoms with Gasteiger partial charge in [0.15, 0.2) is 0 Å². The largest absolute Gasteiger partial charge is 0.376 e. The van der Waals surface area contributed by atoms with Crippen LogP contribution in [0.2, 0.25) is 0 Å². The van der Waals surface area contributed by atoms with Gasteiger partial charge in [-0.2, -0.15) is 4.37 Å². The Kier molecular flexibility index (Phi) is 2.44. The highest BCUT2D eigenvalue weighted by atomic mass is 79.9. The minimum atomic E-state index is -0.840. The first-order chi connectivity index (χ1) is 4.75. The lowest BCUT2D eigenvalue weighted by atomic mass is 10.2. The average Bonchev–Trinajstić information content (AvgIpc) is 2.34. The van der Waals surface area contributed by atoms with E-state index in [-0.39, 0.29) is 0 Å². The van der Waals surface area contributed by atoms with Crippen LogP contribution >= 0.6 is 27.5 Å². The van der Waals surface area contributed by atoms with Crippen LogP contribution in [0.25, 0.3) is 0 Å². The summed E-state index contributed by atoms with van der Waals surface area (Å²) in [7, 11) is 0. The lowest BCUT2D eigenvalue weighted by molar-refractivity contribution is 0.238. The predicted molar refractivity (Wildman–Crippen MR) is 43.6 cm³/mol. The Morgan fingerprint density at radius 1 is 1.90 bits per heavy atom. The van der Waals surface area contributed by atoms with Gasteiger partial charge in [0.25, 0.3) is 0 Å². The normalized spacial score (nSPS) is 12.5. The molecule has 0 fully saturated rings. The summed E-state index contributed by atoms with van der Waals surface area (Å²) < 4.78 is 4.62. The van der Waals surface area contributed by atoms with Crippen LogP contribution < -0.4 is 0 Å². The minimum Gasteiger partial charge on any atom is -0.376 e. The number of halogens is 1. The van der Waals surface area contributed by atoms with Crippen molar-refractivity contribution in [2.24, 2.45) is 0 Å². The highest BCUT2D eigenvalue weighted by molar-refractivity contribution is 9.11. The first kappa shape index (κ1) is 7.73. The molecule has 0 bridgehead atoms. The van der Waals surface area contributed by atoms with Crippen LogP contribution in [-0.2, 0) is 0 Å². The quantitative estimate of drug-likeness (QED) is 0.726. The van der Waals surface area contributed by atoms with Crippen LogP contribution in [0, 0.1) is 12.3 Å². The summed E-state index contributed by atoms with van der Waals surface area (Å²) in [5, 5.41) is 9.10. The monoisotopic (exact) mass is 217 g/mol. The summed E-state index contributed by atoms with van der Waals surface area (Å²) in [5.74, 6) is 2.20. The van der Waals surface area contributed by atoms with Crippen molar-refractivity contribution < 1.29 is 5.11 Å². The van der Waals surface area contributed by atoms with E-state index in [0.717, 1.165) is 3.79 Å². The summed E-state index contributed by atoms with van der Waals surface area (Å²) in [5.41, 5.74) is 0.660. The number of rotatable bonds is 1. The third-order valence-electron chi connectivity index (χ3n) is 1.00. The van der Waals surface area contributed by atoms with E-state index in [1.807, 2.05) is 0 Å². The first-order valence-corrected chi connectivity index (χ1v) is 4.06. The number of terminal acetylenes is 1. The topological polar surface area (TPSA) is 33.1 Å². The molecule has 1 rings (SSSR count). The Bertz CT molecular complexity index is 265. The van der Waals surface area contributed by atoms with Gasteiger partial charge in [0.1, 0.15) is 6.10 Å². The average molecular weight is 218 g/mol. The molecule has 0 saturated heterocycles. The van der Waals surface area contributed by atoms with Gasteiger partial charge in [-0.1, -0.05) is 5.92 Å². The van der Waals surface area contributed by atoms with Crippen LogP contribution in [0.1, 0.15) is 11.7 Å². The molecule has 0 spiro atoms. The van der Waals surface area contributed by atoms with Gasteiger partial charge in [0.2, 0.25) is 0 Å². The molecule has 1 unspecified atom stereocenters. The van der Waals surface area contributed by atoms with Crippen molar-refractivity contribution >= 4 is 27.5 Å². The van der Waals surface area contributed by atoms with E-state index in [9.17, 15) is 0 Å². The smallest absolute Gasteiger partial charge is 0.143 e. The molecule has 0 aliphatic carbocycles. The van der Waals surface area contributed by atoms with Gasteiger partial charge in [-0.05, 0) is 27.5 Å². The summed E-state index contributed by atoms with van der Waals surface area (Å²) >= 11 is 4.47. The van der Waals surface area contributed by atoms with E-state index in [0.29, 0.717) is 5.56 Å². The molecule has 1 aromatic heterocycles. The van der Waals surface area contributed by atoms with Gasteiger partial charge < -0.3 is 5.11 Å². The Labute approximate surface area is 71.2 Å². The third-order valence-corrected chi connectivity index (χ3v) is 2.50. The lowest BCUT2D eigenvalue weighted by Crippen LogP contribution is -1.90. The molecule has 0 amide bonds. The highest BCUT2D eigenvalue weighted by Crippen LogP contribution is 2.25. The number of hydrogen-bond donors (Lipinski definition) is 1. The van der Waals surface area contributed by atoms with Crippen molar-refractivity contribution in [3.63, 3.8) is 0 Å². The molecule has 52 valence electrons. The van der Waals surface area contributed by atoms with Crippen LogP contribution in [0.4, 0.5) is 0 Å². The molecule has 1 aromatic rings. The zero-order chi connectivity index (χ0) is 7.56. The fourth-order valence-electron chi connectivity index (χ4n) is 0.501. The molecule has 1 N–H and O–H groups in total. The second kappa shape index (κ2) is 3.15. The molecular formula is C6H4BrNOS. The zero-order valence-electron chi connectivity index (χ0n) is 4.91. The highest BCUT2D eigenvalue weighted by Gasteiger charge is 2.09. The van der Waals surface area contributed by atoms with Crippen molar-refractivity contribution in [1.82, 2.24) is 4.37 Å².